The van der Waals surface area contributed by atoms with E-state index in [-0.39, 0.29) is 11.8 Å². The third-order valence-corrected chi connectivity index (χ3v) is 9.13. The molecule has 3 aromatic carbocycles. The molecule has 1 atom stereocenters. The number of carbonyl (C=O) groups is 1. The summed E-state index contributed by atoms with van der Waals surface area (Å²) in [4.78, 5) is 12.9. The van der Waals surface area contributed by atoms with Crippen LogP contribution in [0.5, 0.6) is 5.75 Å². The lowest BCUT2D eigenvalue weighted by Gasteiger charge is -2.17. The molecule has 7 rings (SSSR count). The molecule has 220 valence electrons. The van der Waals surface area contributed by atoms with Crippen LogP contribution >= 0.6 is 11.6 Å². The quantitative estimate of drug-likeness (QED) is 0.153. The Bertz CT molecular complexity index is 1890. The number of halogens is 1. The fourth-order valence-corrected chi connectivity index (χ4v) is 6.80. The Morgan fingerprint density at radius 3 is 2.70 bits per heavy atom. The highest BCUT2D eigenvalue weighted by molar-refractivity contribution is 6.35. The van der Waals surface area contributed by atoms with Gasteiger partial charge in [0.05, 0.1) is 29.4 Å². The fourth-order valence-electron chi connectivity index (χ4n) is 6.55. The summed E-state index contributed by atoms with van der Waals surface area (Å²) in [5, 5.41) is 19.2. The molecule has 0 bridgehead atoms. The second-order valence-corrected chi connectivity index (χ2v) is 11.9. The summed E-state index contributed by atoms with van der Waals surface area (Å²) in [5.41, 5.74) is 5.53. The number of ether oxygens (including phenoxy) is 2. The van der Waals surface area contributed by atoms with Crippen molar-refractivity contribution in [1.82, 2.24) is 14.3 Å². The molecule has 2 aromatic heterocycles. The molecular formula is C35H34ClN3O4. The normalized spacial score (nSPS) is 17.5. The Kier molecular flexibility index (Phi) is 7.23. The summed E-state index contributed by atoms with van der Waals surface area (Å²) in [6, 6.07) is 18.1. The maximum absolute atomic E-state index is 12.9. The van der Waals surface area contributed by atoms with Crippen molar-refractivity contribution in [2.75, 3.05) is 13.2 Å². The summed E-state index contributed by atoms with van der Waals surface area (Å²) < 4.78 is 16.4. The third kappa shape index (κ3) is 4.90. The van der Waals surface area contributed by atoms with E-state index in [1.807, 2.05) is 71.8 Å². The molecule has 1 fully saturated rings. The molecule has 2 aliphatic rings. The zero-order valence-electron chi connectivity index (χ0n) is 24.3. The summed E-state index contributed by atoms with van der Waals surface area (Å²) in [6.07, 6.45) is 7.24. The van der Waals surface area contributed by atoms with E-state index < -0.39 is 5.97 Å². The largest absolute Gasteiger partial charge is 0.493 e. The number of hydrogen-bond acceptors (Lipinski definition) is 4. The minimum atomic E-state index is -0.957. The average Bonchev–Trinajstić information content (AvgIpc) is 3.74. The van der Waals surface area contributed by atoms with Crippen molar-refractivity contribution < 1.29 is 19.4 Å². The highest BCUT2D eigenvalue weighted by Crippen LogP contribution is 2.49. The van der Waals surface area contributed by atoms with Gasteiger partial charge in [-0.1, -0.05) is 66.2 Å². The van der Waals surface area contributed by atoms with Crippen LogP contribution < -0.4 is 4.74 Å². The minimum absolute atomic E-state index is 0.142. The summed E-state index contributed by atoms with van der Waals surface area (Å²) >= 11 is 7.03. The molecular weight excluding hydrogens is 562 g/mol. The second kappa shape index (κ2) is 11.2. The summed E-state index contributed by atoms with van der Waals surface area (Å²) in [5.74, 6) is 0.292. The van der Waals surface area contributed by atoms with Crippen LogP contribution in [0.3, 0.4) is 0 Å². The van der Waals surface area contributed by atoms with Crippen molar-refractivity contribution in [2.24, 2.45) is 13.0 Å². The lowest BCUT2D eigenvalue weighted by Crippen LogP contribution is -2.11. The number of allylic oxidation sites excluding steroid dienone is 1. The first kappa shape index (κ1) is 27.7. The van der Waals surface area contributed by atoms with Crippen LogP contribution in [0.4, 0.5) is 0 Å². The van der Waals surface area contributed by atoms with Crippen LogP contribution in [0.25, 0.3) is 32.8 Å². The van der Waals surface area contributed by atoms with E-state index in [1.54, 1.807) is 0 Å². The SMILES string of the molecule is Cc1c2c(nn1C)C(C1CC1)OC/C=C\Cn1c(C(=O)O)c(CCCOc3cccc4ccccc34)c3ccc(Cl)c-2c31. The first-order valence-corrected chi connectivity index (χ1v) is 15.3. The molecule has 1 unspecified atom stereocenters. The smallest absolute Gasteiger partial charge is 0.352 e. The minimum Gasteiger partial charge on any atom is -0.493 e. The van der Waals surface area contributed by atoms with E-state index in [1.165, 1.54) is 0 Å². The average molecular weight is 596 g/mol. The molecule has 8 heteroatoms. The van der Waals surface area contributed by atoms with Crippen molar-refractivity contribution in [2.45, 2.75) is 45.3 Å². The number of rotatable bonds is 7. The van der Waals surface area contributed by atoms with Crippen LogP contribution in [-0.2, 0) is 24.8 Å². The van der Waals surface area contributed by atoms with Crippen LogP contribution in [0.1, 0.15) is 52.8 Å². The van der Waals surface area contributed by atoms with E-state index in [0.29, 0.717) is 43.5 Å². The van der Waals surface area contributed by atoms with Crippen molar-refractivity contribution in [3.8, 4) is 16.9 Å². The zero-order chi connectivity index (χ0) is 29.7. The van der Waals surface area contributed by atoms with E-state index in [0.717, 1.165) is 68.3 Å². The number of carboxylic acid groups (broad SMARTS) is 1. The highest BCUT2D eigenvalue weighted by Gasteiger charge is 2.38. The first-order chi connectivity index (χ1) is 20.9. The molecule has 0 spiro atoms. The Labute approximate surface area is 255 Å². The molecule has 3 heterocycles. The van der Waals surface area contributed by atoms with Gasteiger partial charge in [0.25, 0.3) is 0 Å². The predicted octanol–water partition coefficient (Wildman–Crippen LogP) is 7.90. The van der Waals surface area contributed by atoms with Gasteiger partial charge in [0.1, 0.15) is 17.5 Å². The standard InChI is InChI=1S/C35H34ClN3O4/c1-21-29-30-27(36)17-16-26-25(12-8-20-42-28-13-7-10-22-9-3-4-11-24(22)28)33(35(40)41)39(32(26)30)18-5-6-19-43-34(23-14-15-23)31(29)37-38(21)2/h3-7,9-11,13,16-17,23,34H,8,12,14-15,18-20H2,1-2H3,(H,40,41)/b6-5-. The number of fused-ring (bicyclic) bond motifs is 3. The van der Waals surface area contributed by atoms with Crippen LogP contribution in [0.15, 0.2) is 66.7 Å². The topological polar surface area (TPSA) is 78.5 Å². The molecule has 43 heavy (non-hydrogen) atoms. The molecule has 7 nitrogen and oxygen atoms in total. The number of hydrogen-bond donors (Lipinski definition) is 1. The van der Waals surface area contributed by atoms with Gasteiger partial charge in [-0.15, -0.1) is 0 Å². The highest BCUT2D eigenvalue weighted by atomic mass is 35.5. The van der Waals surface area contributed by atoms with Crippen LogP contribution in [0.2, 0.25) is 5.02 Å². The Morgan fingerprint density at radius 1 is 1.07 bits per heavy atom. The number of aromatic carboxylic acids is 1. The van der Waals surface area contributed by atoms with Gasteiger partial charge in [0.2, 0.25) is 0 Å². The molecule has 0 radical (unpaired) electrons. The monoisotopic (exact) mass is 595 g/mol. The van der Waals surface area contributed by atoms with Crippen molar-refractivity contribution in [3.63, 3.8) is 0 Å². The molecule has 1 aliphatic carbocycles. The Morgan fingerprint density at radius 2 is 1.88 bits per heavy atom. The lowest BCUT2D eigenvalue weighted by molar-refractivity contribution is 0.0539. The zero-order valence-corrected chi connectivity index (χ0v) is 25.1. The van der Waals surface area contributed by atoms with Gasteiger partial charge in [-0.25, -0.2) is 4.79 Å². The van der Waals surface area contributed by atoms with Crippen LogP contribution in [-0.4, -0.2) is 38.6 Å². The summed E-state index contributed by atoms with van der Waals surface area (Å²) in [7, 11) is 1.94. The molecule has 1 N–H and O–H groups in total. The number of aromatic nitrogens is 3. The van der Waals surface area contributed by atoms with Gasteiger partial charge >= 0.3 is 5.97 Å². The van der Waals surface area contributed by atoms with E-state index in [2.05, 4.69) is 18.2 Å². The molecule has 0 saturated heterocycles. The van der Waals surface area contributed by atoms with Gasteiger partial charge in [0.15, 0.2) is 0 Å². The maximum Gasteiger partial charge on any atom is 0.352 e. The second-order valence-electron chi connectivity index (χ2n) is 11.5. The molecule has 0 amide bonds. The van der Waals surface area contributed by atoms with Crippen LogP contribution in [0, 0.1) is 12.8 Å². The molecule has 5 aromatic rings. The number of benzene rings is 3. The lowest BCUT2D eigenvalue weighted by atomic mass is 9.95. The number of nitrogens with zero attached hydrogens (tertiary/aromatic N) is 3. The van der Waals surface area contributed by atoms with E-state index in [9.17, 15) is 9.90 Å². The fraction of sp³-hybridized carbons (Fsp3) is 0.314. The van der Waals surface area contributed by atoms with Crippen molar-refractivity contribution in [1.29, 1.82) is 0 Å². The molecule has 1 saturated carbocycles. The van der Waals surface area contributed by atoms with Crippen molar-refractivity contribution >= 4 is 39.2 Å². The molecule has 1 aliphatic heterocycles. The van der Waals surface area contributed by atoms with E-state index >= 15 is 0 Å². The summed E-state index contributed by atoms with van der Waals surface area (Å²) in [6.45, 7) is 3.34. The van der Waals surface area contributed by atoms with Gasteiger partial charge in [-0.05, 0) is 61.6 Å². The Balaban J connectivity index is 1.33. The van der Waals surface area contributed by atoms with E-state index in [4.69, 9.17) is 26.2 Å². The van der Waals surface area contributed by atoms with Crippen molar-refractivity contribution in [3.05, 3.63) is 94.4 Å². The van der Waals surface area contributed by atoms with Gasteiger partial charge in [0, 0.05) is 41.2 Å². The van der Waals surface area contributed by atoms with Gasteiger partial charge < -0.3 is 19.1 Å². The third-order valence-electron chi connectivity index (χ3n) is 8.82. The van der Waals surface area contributed by atoms with Gasteiger partial charge in [-0.3, -0.25) is 4.68 Å². The number of aryl methyl sites for hydroxylation is 2. The maximum atomic E-state index is 12.9. The predicted molar refractivity (Wildman–Crippen MR) is 169 cm³/mol. The number of carboxylic acids is 1. The first-order valence-electron chi connectivity index (χ1n) is 14.9. The van der Waals surface area contributed by atoms with Gasteiger partial charge in [-0.2, -0.15) is 5.10 Å². The Hall–Kier alpha value is -4.07.